The second-order valence-electron chi connectivity index (χ2n) is 7.87. The number of carboxylic acid groups (broad SMARTS) is 1. The lowest BCUT2D eigenvalue weighted by Crippen LogP contribution is -2.53. The van der Waals surface area contributed by atoms with Gasteiger partial charge in [0.1, 0.15) is 12.1 Å². The van der Waals surface area contributed by atoms with Crippen LogP contribution in [0, 0.1) is 0 Å². The van der Waals surface area contributed by atoms with Gasteiger partial charge in [-0.1, -0.05) is 13.8 Å². The van der Waals surface area contributed by atoms with Crippen molar-refractivity contribution in [2.75, 3.05) is 38.5 Å². The lowest BCUT2D eigenvalue weighted by atomic mass is 10.1. The molecule has 2 unspecified atom stereocenters. The molecule has 37 heavy (non-hydrogen) atoms. The highest BCUT2D eigenvalue weighted by atomic mass is 32.1. The largest absolute Gasteiger partial charge is 0.480 e. The Morgan fingerprint density at radius 3 is 2.14 bits per heavy atom. The Kier molecular flexibility index (Phi) is 16.9. The minimum atomic E-state index is -1.24. The molecule has 15 nitrogen and oxygen atoms in total. The summed E-state index contributed by atoms with van der Waals surface area (Å²) in [5.41, 5.74) is 10.4. The summed E-state index contributed by atoms with van der Waals surface area (Å²) >= 11 is 4.03. The van der Waals surface area contributed by atoms with Gasteiger partial charge in [-0.25, -0.2) is 4.79 Å². The van der Waals surface area contributed by atoms with E-state index in [-0.39, 0.29) is 50.1 Å². The lowest BCUT2D eigenvalue weighted by Gasteiger charge is -2.24. The van der Waals surface area contributed by atoms with Crippen molar-refractivity contribution in [1.29, 1.82) is 0 Å². The first-order chi connectivity index (χ1) is 17.4. The monoisotopic (exact) mass is 546 g/mol. The first kappa shape index (κ1) is 33.4. The van der Waals surface area contributed by atoms with Gasteiger partial charge in [0.2, 0.25) is 29.5 Å². The van der Waals surface area contributed by atoms with E-state index < -0.39 is 54.8 Å². The van der Waals surface area contributed by atoms with E-state index in [0.717, 1.165) is 0 Å². The maximum atomic E-state index is 12.6. The van der Waals surface area contributed by atoms with E-state index in [1.54, 1.807) is 13.8 Å². The van der Waals surface area contributed by atoms with Crippen LogP contribution in [0.1, 0.15) is 39.5 Å². The molecule has 210 valence electrons. The van der Waals surface area contributed by atoms with E-state index in [0.29, 0.717) is 12.8 Å². The molecule has 5 amide bonds. The molecule has 0 aliphatic carbocycles. The number of nitrogens with one attached hydrogen (secondary N) is 4. The predicted octanol–water partition coefficient (Wildman–Crippen LogP) is -3.09. The Morgan fingerprint density at radius 2 is 1.59 bits per heavy atom. The zero-order valence-corrected chi connectivity index (χ0v) is 22.0. The van der Waals surface area contributed by atoms with Crippen molar-refractivity contribution in [2.24, 2.45) is 16.5 Å². The molecule has 2 atom stereocenters. The predicted molar refractivity (Wildman–Crippen MR) is 138 cm³/mol. The number of thiol groups is 1. The number of guanidine groups is 1. The van der Waals surface area contributed by atoms with Gasteiger partial charge in [0.25, 0.3) is 0 Å². The number of rotatable bonds is 18. The maximum absolute atomic E-state index is 12.6. The molecule has 0 saturated carbocycles. The Balaban J connectivity index is 4.86. The fourth-order valence-electron chi connectivity index (χ4n) is 2.88. The summed E-state index contributed by atoms with van der Waals surface area (Å²) < 4.78 is 0. The molecule has 0 bridgehead atoms. The van der Waals surface area contributed by atoms with E-state index in [1.807, 2.05) is 0 Å². The molecule has 0 saturated heterocycles. The zero-order valence-electron chi connectivity index (χ0n) is 21.1. The van der Waals surface area contributed by atoms with Gasteiger partial charge >= 0.3 is 5.97 Å². The number of aliphatic carboxylic acids is 1. The number of nitrogens with two attached hydrogens (primary N) is 2. The number of nitrogens with zero attached hydrogens (tertiary/aromatic N) is 2. The van der Waals surface area contributed by atoms with Crippen LogP contribution >= 0.6 is 12.6 Å². The third kappa shape index (κ3) is 15.2. The van der Waals surface area contributed by atoms with Gasteiger partial charge in [-0.2, -0.15) is 12.6 Å². The van der Waals surface area contributed by atoms with Crippen LogP contribution in [0.3, 0.4) is 0 Å². The molecule has 0 radical (unpaired) electrons. The SMILES string of the molecule is CCCN(CC(=O)NC(CCCN=C(N)N)C(=O)O)C(=O)CNC(=O)C(CS)NC(=O)CNC(=O)CC. The van der Waals surface area contributed by atoms with Crippen molar-refractivity contribution < 1.29 is 33.9 Å². The summed E-state index contributed by atoms with van der Waals surface area (Å²) in [6.45, 7) is 2.61. The molecule has 0 fully saturated rings. The highest BCUT2D eigenvalue weighted by Crippen LogP contribution is 2.00. The fourth-order valence-corrected chi connectivity index (χ4v) is 3.13. The Morgan fingerprint density at radius 1 is 0.946 bits per heavy atom. The van der Waals surface area contributed by atoms with E-state index >= 15 is 0 Å². The van der Waals surface area contributed by atoms with Crippen molar-refractivity contribution in [3.8, 4) is 0 Å². The second-order valence-corrected chi connectivity index (χ2v) is 8.24. The summed E-state index contributed by atoms with van der Waals surface area (Å²) in [5.74, 6) is -4.29. The molecule has 0 spiro atoms. The Hall–Kier alpha value is -3.56. The van der Waals surface area contributed by atoms with Crippen molar-refractivity contribution in [2.45, 2.75) is 51.6 Å². The van der Waals surface area contributed by atoms with Crippen LogP contribution in [0.25, 0.3) is 0 Å². The maximum Gasteiger partial charge on any atom is 0.326 e. The minimum Gasteiger partial charge on any atom is -0.480 e. The number of carbonyl (C=O) groups excluding carboxylic acids is 5. The van der Waals surface area contributed by atoms with Gasteiger partial charge in [-0.15, -0.1) is 0 Å². The van der Waals surface area contributed by atoms with Crippen molar-refractivity contribution in [1.82, 2.24) is 26.2 Å². The summed E-state index contributed by atoms with van der Waals surface area (Å²) in [4.78, 5) is 77.0. The molecular weight excluding hydrogens is 508 g/mol. The van der Waals surface area contributed by atoms with E-state index in [1.165, 1.54) is 4.90 Å². The molecule has 9 N–H and O–H groups in total. The molecule has 0 aliphatic rings. The summed E-state index contributed by atoms with van der Waals surface area (Å²) in [5, 5.41) is 18.9. The van der Waals surface area contributed by atoms with Gasteiger partial charge < -0.3 is 42.7 Å². The van der Waals surface area contributed by atoms with Crippen LogP contribution in [0.5, 0.6) is 0 Å². The Bertz CT molecular complexity index is 836. The summed E-state index contributed by atoms with van der Waals surface area (Å²) in [6.07, 6.45) is 1.10. The molecule has 0 rings (SSSR count). The fraction of sp³-hybridized carbons (Fsp3) is 0.667. The van der Waals surface area contributed by atoms with Crippen molar-refractivity contribution in [3.05, 3.63) is 0 Å². The smallest absolute Gasteiger partial charge is 0.326 e. The quantitative estimate of drug-likeness (QED) is 0.0375. The van der Waals surface area contributed by atoms with Crippen LogP contribution in [-0.2, 0) is 28.8 Å². The van der Waals surface area contributed by atoms with Crippen LogP contribution in [0.4, 0.5) is 0 Å². The highest BCUT2D eigenvalue weighted by Gasteiger charge is 2.24. The standard InChI is InChI=1S/C21H38N8O7S/c1-3-8-29(11-17(32)27-13(20(35)36)6-5-7-24-21(22)23)18(33)10-26-19(34)14(12-37)28-16(31)9-25-15(30)4-2/h13-14,37H,3-12H2,1-2H3,(H,25,30)(H,26,34)(H,27,32)(H,28,31)(H,35,36)(H4,22,23,24). The number of amides is 5. The van der Waals surface area contributed by atoms with Gasteiger partial charge in [0.05, 0.1) is 19.6 Å². The summed E-state index contributed by atoms with van der Waals surface area (Å²) in [7, 11) is 0. The normalized spacial score (nSPS) is 11.9. The van der Waals surface area contributed by atoms with Crippen LogP contribution in [0.2, 0.25) is 0 Å². The topological polar surface area (TPSA) is 238 Å². The van der Waals surface area contributed by atoms with E-state index in [4.69, 9.17) is 11.5 Å². The number of hydrogen-bond donors (Lipinski definition) is 8. The third-order valence-corrected chi connectivity index (χ3v) is 5.14. The molecule has 0 aromatic carbocycles. The Labute approximate surface area is 220 Å². The molecule has 16 heteroatoms. The number of carbonyl (C=O) groups is 6. The van der Waals surface area contributed by atoms with Crippen LogP contribution in [-0.4, -0.2) is 102 Å². The lowest BCUT2D eigenvalue weighted by molar-refractivity contribution is -0.143. The summed E-state index contributed by atoms with van der Waals surface area (Å²) in [6, 6.07) is -2.25. The third-order valence-electron chi connectivity index (χ3n) is 4.77. The van der Waals surface area contributed by atoms with Crippen molar-refractivity contribution >= 4 is 54.1 Å². The molecule has 0 aromatic heterocycles. The van der Waals surface area contributed by atoms with Crippen molar-refractivity contribution in [3.63, 3.8) is 0 Å². The average molecular weight is 547 g/mol. The van der Waals surface area contributed by atoms with Gasteiger partial charge in [0.15, 0.2) is 5.96 Å². The van der Waals surface area contributed by atoms with E-state index in [2.05, 4.69) is 38.9 Å². The minimum absolute atomic E-state index is 0.0612. The van der Waals surface area contributed by atoms with E-state index in [9.17, 15) is 33.9 Å². The number of hydrogen-bond acceptors (Lipinski definition) is 8. The average Bonchev–Trinajstić information content (AvgIpc) is 2.85. The number of carboxylic acids is 1. The first-order valence-electron chi connectivity index (χ1n) is 11.7. The van der Waals surface area contributed by atoms with Crippen LogP contribution < -0.4 is 32.7 Å². The molecule has 0 aliphatic heterocycles. The van der Waals surface area contributed by atoms with Gasteiger partial charge in [-0.05, 0) is 19.3 Å². The second kappa shape index (κ2) is 18.7. The molecular formula is C21H38N8O7S. The highest BCUT2D eigenvalue weighted by molar-refractivity contribution is 7.80. The zero-order chi connectivity index (χ0) is 28.4. The molecule has 0 aromatic rings. The number of aliphatic imine (C=N–C) groups is 1. The molecule has 0 heterocycles. The van der Waals surface area contributed by atoms with Gasteiger partial charge in [0, 0.05) is 25.3 Å². The first-order valence-corrected chi connectivity index (χ1v) is 12.4. The van der Waals surface area contributed by atoms with Crippen LogP contribution in [0.15, 0.2) is 4.99 Å². The van der Waals surface area contributed by atoms with Gasteiger partial charge in [-0.3, -0.25) is 29.0 Å².